The molecule has 0 unspecified atom stereocenters. The summed E-state index contributed by atoms with van der Waals surface area (Å²) in [4.78, 5) is 66.0. The van der Waals surface area contributed by atoms with Crippen LogP contribution >= 0.6 is 0 Å². The minimum atomic E-state index is -2.96. The fourth-order valence-electron chi connectivity index (χ4n) is 8.24. The number of anilines is 1. The van der Waals surface area contributed by atoms with Gasteiger partial charge in [-0.1, -0.05) is 87.4 Å². The quantitative estimate of drug-likeness (QED) is 0.125. The van der Waals surface area contributed by atoms with Crippen LogP contribution in [0, 0.1) is 11.8 Å². The number of rotatable bonds is 8. The zero-order valence-electron chi connectivity index (χ0n) is 34.0. The van der Waals surface area contributed by atoms with Crippen molar-refractivity contribution in [1.82, 2.24) is 19.5 Å². The second-order valence-corrected chi connectivity index (χ2v) is 20.0. The molecule has 6 aromatic rings. The van der Waals surface area contributed by atoms with Gasteiger partial charge < -0.3 is 29.5 Å². The minimum absolute atomic E-state index is 0.0502. The maximum Gasteiger partial charge on any atom is 0.338 e. The van der Waals surface area contributed by atoms with E-state index in [4.69, 9.17) is 24.4 Å². The summed E-state index contributed by atoms with van der Waals surface area (Å²) < 4.78 is 25.0. The first kappa shape index (κ1) is 40.9. The molecular formula is C46H41N5O9Si. The lowest BCUT2D eigenvalue weighted by molar-refractivity contribution is -0.0401. The Morgan fingerprint density at radius 2 is 1.41 bits per heavy atom. The van der Waals surface area contributed by atoms with Crippen LogP contribution in [0.4, 0.5) is 5.82 Å². The number of aliphatic hydroxyl groups is 1. The number of benzene rings is 4. The first-order valence-electron chi connectivity index (χ1n) is 19.4. The number of hydrogen-bond donors (Lipinski definition) is 2. The second kappa shape index (κ2) is 16.0. The lowest BCUT2D eigenvalue weighted by Crippen LogP contribution is -2.67. The van der Waals surface area contributed by atoms with E-state index in [1.54, 1.807) is 10.6 Å². The molecule has 14 nitrogen and oxygen atoms in total. The minimum Gasteiger partial charge on any atom is -0.465 e. The Kier molecular flexibility index (Phi) is 10.7. The topological polar surface area (TPSA) is 195 Å². The zero-order chi connectivity index (χ0) is 43.2. The summed E-state index contributed by atoms with van der Waals surface area (Å²) >= 11 is 0. The molecule has 15 heteroatoms. The van der Waals surface area contributed by atoms with Crippen LogP contribution in [0.3, 0.4) is 0 Å². The number of hydrogen-bond acceptors (Lipinski definition) is 13. The number of esters is 2. The second-order valence-electron chi connectivity index (χ2n) is 15.7. The Balaban J connectivity index is 1.12. The van der Waals surface area contributed by atoms with Crippen molar-refractivity contribution in [3.63, 3.8) is 0 Å². The SMILES string of the molecule is COC(=O)c1cc2c(cc1C(=O)OC)C(=O)c1cc(C#Cc3nc4c(N)ncnc4n3[C@H]3C[C@H](O)[C@@H](CO[Si](c4ccccc4)(c4ccccc4)C(C)(C)C)O3)ccc1C2=O. The predicted molar refractivity (Wildman–Crippen MR) is 226 cm³/mol. The molecule has 0 amide bonds. The highest BCUT2D eigenvalue weighted by molar-refractivity contribution is 6.99. The van der Waals surface area contributed by atoms with E-state index in [0.29, 0.717) is 11.2 Å². The highest BCUT2D eigenvalue weighted by Crippen LogP contribution is 2.39. The molecule has 2 aromatic heterocycles. The summed E-state index contributed by atoms with van der Waals surface area (Å²) in [5, 5.41) is 13.4. The molecule has 61 heavy (non-hydrogen) atoms. The molecule has 0 spiro atoms. The largest absolute Gasteiger partial charge is 0.465 e. The van der Waals surface area contributed by atoms with Crippen LogP contribution in [0.5, 0.6) is 0 Å². The summed E-state index contributed by atoms with van der Waals surface area (Å²) in [5.74, 6) is 3.62. The van der Waals surface area contributed by atoms with E-state index in [-0.39, 0.29) is 68.6 Å². The number of methoxy groups -OCH3 is 2. The lowest BCUT2D eigenvalue weighted by Gasteiger charge is -2.43. The number of aromatic nitrogens is 4. The summed E-state index contributed by atoms with van der Waals surface area (Å²) in [5.41, 5.74) is 6.86. The van der Waals surface area contributed by atoms with Crippen LogP contribution < -0.4 is 16.1 Å². The van der Waals surface area contributed by atoms with Crippen LogP contribution in [-0.4, -0.2) is 89.5 Å². The van der Waals surface area contributed by atoms with E-state index in [1.807, 2.05) is 36.4 Å². The van der Waals surface area contributed by atoms with Gasteiger partial charge in [0.05, 0.1) is 38.1 Å². The van der Waals surface area contributed by atoms with Gasteiger partial charge >= 0.3 is 11.9 Å². The number of ether oxygens (including phenoxy) is 3. The number of nitrogen functional groups attached to an aromatic ring is 1. The van der Waals surface area contributed by atoms with Crippen LogP contribution in [-0.2, 0) is 18.6 Å². The Hall–Kier alpha value is -6.83. The fraction of sp³-hybridized carbons (Fsp3) is 0.239. The molecule has 8 rings (SSSR count). The smallest absolute Gasteiger partial charge is 0.338 e. The number of carbonyl (C=O) groups is 4. The molecule has 308 valence electrons. The molecule has 1 fully saturated rings. The molecular weight excluding hydrogens is 795 g/mol. The third-order valence-corrected chi connectivity index (χ3v) is 16.2. The van der Waals surface area contributed by atoms with Gasteiger partial charge in [0.2, 0.25) is 0 Å². The number of nitrogens with zero attached hydrogens (tertiary/aromatic N) is 4. The van der Waals surface area contributed by atoms with Crippen molar-refractivity contribution in [1.29, 1.82) is 0 Å². The van der Waals surface area contributed by atoms with Crippen LogP contribution in [0.1, 0.15) is 97.4 Å². The predicted octanol–water partition coefficient (Wildman–Crippen LogP) is 4.38. The van der Waals surface area contributed by atoms with E-state index in [2.05, 4.69) is 71.8 Å². The van der Waals surface area contributed by atoms with E-state index in [0.717, 1.165) is 24.6 Å². The number of carbonyl (C=O) groups excluding carboxylic acids is 4. The molecule has 2 aliphatic rings. The van der Waals surface area contributed by atoms with Gasteiger partial charge in [0.1, 0.15) is 18.7 Å². The van der Waals surface area contributed by atoms with Gasteiger partial charge in [-0.2, -0.15) is 0 Å². The number of imidazole rings is 1. The van der Waals surface area contributed by atoms with Crippen molar-refractivity contribution in [3.05, 3.63) is 142 Å². The molecule has 0 radical (unpaired) electrons. The number of aliphatic hydroxyl groups excluding tert-OH is 1. The Labute approximate surface area is 351 Å². The molecule has 1 aliphatic heterocycles. The van der Waals surface area contributed by atoms with Crippen LogP contribution in [0.15, 0.2) is 97.3 Å². The average Bonchev–Trinajstić information content (AvgIpc) is 3.84. The molecule has 3 heterocycles. The lowest BCUT2D eigenvalue weighted by atomic mass is 9.81. The van der Waals surface area contributed by atoms with Gasteiger partial charge in [0, 0.05) is 34.2 Å². The first-order valence-corrected chi connectivity index (χ1v) is 21.3. The third-order valence-electron chi connectivity index (χ3n) is 11.2. The normalized spacial score (nSPS) is 17.3. The van der Waals surface area contributed by atoms with Gasteiger partial charge in [-0.25, -0.2) is 24.5 Å². The highest BCUT2D eigenvalue weighted by Gasteiger charge is 2.51. The molecule has 1 aliphatic carbocycles. The van der Waals surface area contributed by atoms with Crippen molar-refractivity contribution >= 4 is 59.2 Å². The van der Waals surface area contributed by atoms with Crippen LogP contribution in [0.2, 0.25) is 5.04 Å². The fourth-order valence-corrected chi connectivity index (χ4v) is 12.8. The van der Waals surface area contributed by atoms with Crippen LogP contribution in [0.25, 0.3) is 11.2 Å². The Morgan fingerprint density at radius 1 is 0.836 bits per heavy atom. The molecule has 1 saturated heterocycles. The molecule has 3 N–H and O–H groups in total. The van der Waals surface area contributed by atoms with Gasteiger partial charge in [-0.3, -0.25) is 14.2 Å². The molecule has 3 atom stereocenters. The highest BCUT2D eigenvalue weighted by atomic mass is 28.4. The third kappa shape index (κ3) is 7.08. The Morgan fingerprint density at radius 3 is 1.98 bits per heavy atom. The molecule has 0 saturated carbocycles. The van der Waals surface area contributed by atoms with E-state index < -0.39 is 50.3 Å². The number of fused-ring (bicyclic) bond motifs is 3. The average molecular weight is 836 g/mol. The van der Waals surface area contributed by atoms with E-state index in [1.165, 1.54) is 30.6 Å². The Bertz CT molecular complexity index is 2770. The van der Waals surface area contributed by atoms with Gasteiger partial charge in [-0.05, 0) is 51.7 Å². The van der Waals surface area contributed by atoms with Crippen molar-refractivity contribution in [3.8, 4) is 11.8 Å². The van der Waals surface area contributed by atoms with Crippen molar-refractivity contribution in [2.75, 3.05) is 26.6 Å². The monoisotopic (exact) mass is 835 g/mol. The first-order chi connectivity index (χ1) is 29.3. The summed E-state index contributed by atoms with van der Waals surface area (Å²) in [6.07, 6.45) is -0.940. The standard InChI is InChI=1S/C46H41N5O9Si/c1-46(2,3)61(27-12-8-6-9-13-27,28-14-10-7-11-15-28)59-24-36-35(52)23-38(60-36)51-37(50-39-42(47)48-25-49-43(39)51)19-17-26-16-18-29-30(20-26)41(54)32-22-34(45(56)58-5)33(44(55)57-4)21-31(32)40(29)53/h6-16,18,20-22,25,35-36,38,52H,23-24H2,1-5H3,(H2,47,48,49)/t35-,36+,38+/m0/s1. The molecule has 4 aromatic carbocycles. The van der Waals surface area contributed by atoms with E-state index in [9.17, 15) is 24.3 Å². The maximum atomic E-state index is 13.9. The summed E-state index contributed by atoms with van der Waals surface area (Å²) in [7, 11) is -0.685. The van der Waals surface area contributed by atoms with Gasteiger partial charge in [-0.15, -0.1) is 0 Å². The van der Waals surface area contributed by atoms with Crippen molar-refractivity contribution < 1.29 is 42.9 Å². The van der Waals surface area contributed by atoms with Gasteiger partial charge in [0.25, 0.3) is 8.32 Å². The van der Waals surface area contributed by atoms with Crippen molar-refractivity contribution in [2.45, 2.75) is 50.7 Å². The zero-order valence-corrected chi connectivity index (χ0v) is 35.0. The summed E-state index contributed by atoms with van der Waals surface area (Å²) in [6, 6.07) is 27.3. The maximum absolute atomic E-state index is 13.9. The van der Waals surface area contributed by atoms with Gasteiger partial charge in [0.15, 0.2) is 34.4 Å². The molecule has 0 bridgehead atoms. The van der Waals surface area contributed by atoms with E-state index >= 15 is 0 Å². The van der Waals surface area contributed by atoms with Crippen molar-refractivity contribution in [2.24, 2.45) is 0 Å². The number of nitrogens with two attached hydrogens (primary N) is 1. The number of ketones is 2. The summed E-state index contributed by atoms with van der Waals surface area (Å²) in [6.45, 7) is 6.64.